The fraction of sp³-hybridized carbons (Fsp3) is 0.583. The number of nitrogens with one attached hydrogen (secondary N) is 1. The van der Waals surface area contributed by atoms with Gasteiger partial charge < -0.3 is 5.32 Å². The van der Waals surface area contributed by atoms with Crippen LogP contribution in [0.25, 0.3) is 0 Å². The van der Waals surface area contributed by atoms with Gasteiger partial charge in [0.15, 0.2) is 0 Å². The number of aromatic nitrogens is 2. The van der Waals surface area contributed by atoms with E-state index in [9.17, 15) is 0 Å². The first-order valence-corrected chi connectivity index (χ1v) is 5.59. The molecule has 1 aliphatic rings. The molecule has 0 aromatic carbocycles. The number of allylic oxidation sites excluding steroid dienone is 1. The maximum absolute atomic E-state index is 4.50. The Balaban J connectivity index is 2.09. The van der Waals surface area contributed by atoms with Gasteiger partial charge in [-0.05, 0) is 26.7 Å². The molecular weight excluding hydrogens is 186 g/mol. The minimum atomic E-state index is 0.756. The van der Waals surface area contributed by atoms with Crippen LogP contribution < -0.4 is 5.32 Å². The molecule has 1 aromatic rings. The van der Waals surface area contributed by atoms with Gasteiger partial charge in [-0.3, -0.25) is 4.68 Å². The molecule has 1 N–H and O–H groups in total. The molecule has 2 rings (SSSR count). The van der Waals surface area contributed by atoms with Gasteiger partial charge in [0.25, 0.3) is 0 Å². The van der Waals surface area contributed by atoms with Crippen molar-refractivity contribution in [1.82, 2.24) is 15.1 Å². The van der Waals surface area contributed by atoms with Crippen LogP contribution in [0.15, 0.2) is 12.7 Å². The predicted octanol–water partition coefficient (Wildman–Crippen LogP) is 1.94. The Morgan fingerprint density at radius 3 is 2.87 bits per heavy atom. The van der Waals surface area contributed by atoms with Crippen molar-refractivity contribution in [3.05, 3.63) is 29.6 Å². The topological polar surface area (TPSA) is 29.9 Å². The van der Waals surface area contributed by atoms with Crippen LogP contribution in [0.4, 0.5) is 0 Å². The molecule has 1 aliphatic carbocycles. The van der Waals surface area contributed by atoms with E-state index in [1.54, 1.807) is 0 Å². The monoisotopic (exact) mass is 205 g/mol. The van der Waals surface area contributed by atoms with Crippen LogP contribution in [0, 0.1) is 13.8 Å². The molecule has 0 unspecified atom stereocenters. The summed E-state index contributed by atoms with van der Waals surface area (Å²) in [6.45, 7) is 9.72. The Kier molecular flexibility index (Phi) is 2.91. The summed E-state index contributed by atoms with van der Waals surface area (Å²) in [4.78, 5) is 0. The Hall–Kier alpha value is -1.09. The van der Waals surface area contributed by atoms with Gasteiger partial charge in [0.05, 0.1) is 12.2 Å². The first-order chi connectivity index (χ1) is 7.22. The SMILES string of the molecule is C=CCn1nc(C)c(CNC2CC2)c1C. The molecule has 0 saturated heterocycles. The van der Waals surface area contributed by atoms with Gasteiger partial charge in [0.2, 0.25) is 0 Å². The molecule has 0 atom stereocenters. The van der Waals surface area contributed by atoms with Crippen LogP contribution in [-0.2, 0) is 13.1 Å². The number of rotatable bonds is 5. The minimum absolute atomic E-state index is 0.756. The zero-order valence-corrected chi connectivity index (χ0v) is 9.58. The molecule has 1 aromatic heterocycles. The molecular formula is C12H19N3. The maximum atomic E-state index is 4.50. The van der Waals surface area contributed by atoms with E-state index < -0.39 is 0 Å². The quantitative estimate of drug-likeness (QED) is 0.744. The molecule has 0 bridgehead atoms. The van der Waals surface area contributed by atoms with Crippen LogP contribution >= 0.6 is 0 Å². The van der Waals surface area contributed by atoms with Crippen molar-refractivity contribution in [3.63, 3.8) is 0 Å². The third kappa shape index (κ3) is 2.29. The molecule has 82 valence electrons. The summed E-state index contributed by atoms with van der Waals surface area (Å²) in [5.74, 6) is 0. The summed E-state index contributed by atoms with van der Waals surface area (Å²) < 4.78 is 2.02. The normalized spacial score (nSPS) is 15.6. The van der Waals surface area contributed by atoms with Crippen LogP contribution in [-0.4, -0.2) is 15.8 Å². The average Bonchev–Trinajstić information content (AvgIpc) is 2.97. The Morgan fingerprint density at radius 1 is 1.53 bits per heavy atom. The predicted molar refractivity (Wildman–Crippen MR) is 61.8 cm³/mol. The van der Waals surface area contributed by atoms with Crippen molar-refractivity contribution in [2.24, 2.45) is 0 Å². The molecule has 15 heavy (non-hydrogen) atoms. The molecule has 1 heterocycles. The van der Waals surface area contributed by atoms with Crippen molar-refractivity contribution < 1.29 is 0 Å². The lowest BCUT2D eigenvalue weighted by Crippen LogP contribution is -2.16. The second kappa shape index (κ2) is 4.19. The van der Waals surface area contributed by atoms with E-state index in [1.807, 2.05) is 10.8 Å². The second-order valence-electron chi connectivity index (χ2n) is 4.28. The van der Waals surface area contributed by atoms with Gasteiger partial charge in [-0.1, -0.05) is 6.08 Å². The van der Waals surface area contributed by atoms with Gasteiger partial charge in [-0.25, -0.2) is 0 Å². The second-order valence-corrected chi connectivity index (χ2v) is 4.28. The third-order valence-corrected chi connectivity index (χ3v) is 2.98. The zero-order valence-electron chi connectivity index (χ0n) is 9.58. The van der Waals surface area contributed by atoms with Crippen LogP contribution in [0.3, 0.4) is 0 Å². The van der Waals surface area contributed by atoms with Crippen molar-refractivity contribution >= 4 is 0 Å². The highest BCUT2D eigenvalue weighted by molar-refractivity contribution is 5.24. The first-order valence-electron chi connectivity index (χ1n) is 5.59. The molecule has 1 fully saturated rings. The number of nitrogens with zero attached hydrogens (tertiary/aromatic N) is 2. The van der Waals surface area contributed by atoms with Crippen LogP contribution in [0.1, 0.15) is 29.8 Å². The largest absolute Gasteiger partial charge is 0.310 e. The molecule has 0 spiro atoms. The smallest absolute Gasteiger partial charge is 0.0641 e. The lowest BCUT2D eigenvalue weighted by atomic mass is 10.2. The minimum Gasteiger partial charge on any atom is -0.310 e. The van der Waals surface area contributed by atoms with E-state index in [4.69, 9.17) is 0 Å². The van der Waals surface area contributed by atoms with Crippen molar-refractivity contribution in [1.29, 1.82) is 0 Å². The Labute approximate surface area is 91.2 Å². The summed E-state index contributed by atoms with van der Waals surface area (Å²) in [7, 11) is 0. The summed E-state index contributed by atoms with van der Waals surface area (Å²) in [6, 6.07) is 0.756. The highest BCUT2D eigenvalue weighted by Crippen LogP contribution is 2.20. The molecule has 0 aliphatic heterocycles. The van der Waals surface area contributed by atoms with E-state index in [1.165, 1.54) is 24.1 Å². The standard InChI is InChI=1S/C12H19N3/c1-4-7-15-10(3)12(9(2)14-15)8-13-11-5-6-11/h4,11,13H,1,5-8H2,2-3H3. The maximum Gasteiger partial charge on any atom is 0.0641 e. The fourth-order valence-electron chi connectivity index (χ4n) is 1.82. The van der Waals surface area contributed by atoms with E-state index in [2.05, 4.69) is 30.8 Å². The van der Waals surface area contributed by atoms with E-state index in [0.717, 1.165) is 24.8 Å². The van der Waals surface area contributed by atoms with Gasteiger partial charge in [-0.15, -0.1) is 6.58 Å². The molecule has 1 saturated carbocycles. The van der Waals surface area contributed by atoms with Gasteiger partial charge in [-0.2, -0.15) is 5.10 Å². The molecule has 3 nitrogen and oxygen atoms in total. The van der Waals surface area contributed by atoms with Gasteiger partial charge >= 0.3 is 0 Å². The summed E-state index contributed by atoms with van der Waals surface area (Å²) in [6.07, 6.45) is 4.55. The summed E-state index contributed by atoms with van der Waals surface area (Å²) in [5, 5.41) is 8.03. The number of hydrogen-bond donors (Lipinski definition) is 1. The van der Waals surface area contributed by atoms with Crippen LogP contribution in [0.5, 0.6) is 0 Å². The molecule has 3 heteroatoms. The summed E-state index contributed by atoms with van der Waals surface area (Å²) in [5.41, 5.74) is 3.76. The zero-order chi connectivity index (χ0) is 10.8. The van der Waals surface area contributed by atoms with Gasteiger partial charge in [0.1, 0.15) is 0 Å². The lowest BCUT2D eigenvalue weighted by Gasteiger charge is -2.04. The van der Waals surface area contributed by atoms with E-state index >= 15 is 0 Å². The van der Waals surface area contributed by atoms with Crippen molar-refractivity contribution in [2.75, 3.05) is 0 Å². The highest BCUT2D eigenvalue weighted by atomic mass is 15.3. The fourth-order valence-corrected chi connectivity index (χ4v) is 1.82. The molecule has 0 amide bonds. The first kappa shape index (κ1) is 10.4. The average molecular weight is 205 g/mol. The van der Waals surface area contributed by atoms with Gasteiger partial charge in [0, 0.05) is 23.8 Å². The summed E-state index contributed by atoms with van der Waals surface area (Å²) >= 11 is 0. The van der Waals surface area contributed by atoms with E-state index in [0.29, 0.717) is 0 Å². The Morgan fingerprint density at radius 2 is 2.27 bits per heavy atom. The Bertz CT molecular complexity index is 361. The number of hydrogen-bond acceptors (Lipinski definition) is 2. The van der Waals surface area contributed by atoms with Crippen molar-refractivity contribution in [3.8, 4) is 0 Å². The molecule has 0 radical (unpaired) electrons. The lowest BCUT2D eigenvalue weighted by molar-refractivity contribution is 0.662. The highest BCUT2D eigenvalue weighted by Gasteiger charge is 2.21. The number of aryl methyl sites for hydroxylation is 1. The van der Waals surface area contributed by atoms with E-state index in [-0.39, 0.29) is 0 Å². The van der Waals surface area contributed by atoms with Crippen molar-refractivity contribution in [2.45, 2.75) is 45.8 Å². The third-order valence-electron chi connectivity index (χ3n) is 2.98. The van der Waals surface area contributed by atoms with Crippen LogP contribution in [0.2, 0.25) is 0 Å².